The first-order valence-corrected chi connectivity index (χ1v) is 7.53. The maximum Gasteiger partial charge on any atom is 0.326 e. The second-order valence-corrected chi connectivity index (χ2v) is 7.01. The predicted molar refractivity (Wildman–Crippen MR) is 65.0 cm³/mol. The molecule has 2 atom stereocenters. The molecule has 0 bridgehead atoms. The molecule has 1 aliphatic rings. The summed E-state index contributed by atoms with van der Waals surface area (Å²) in [5, 5.41) is 13.7. The van der Waals surface area contributed by atoms with Crippen molar-refractivity contribution in [3.63, 3.8) is 0 Å². The van der Waals surface area contributed by atoms with Crippen LogP contribution in [0.25, 0.3) is 0 Å². The number of hydrogen-bond acceptors (Lipinski definition) is 4. The molecular formula is C10H18N2O5S. The summed E-state index contributed by atoms with van der Waals surface area (Å²) in [5.41, 5.74) is 0. The highest BCUT2D eigenvalue weighted by Gasteiger charge is 2.30. The number of urea groups is 1. The maximum absolute atomic E-state index is 11.5. The number of carbonyl (C=O) groups excluding carboxylic acids is 1. The van der Waals surface area contributed by atoms with Crippen LogP contribution in [0, 0.1) is 5.92 Å². The maximum atomic E-state index is 11.5. The van der Waals surface area contributed by atoms with Crippen LogP contribution in [0.2, 0.25) is 0 Å². The summed E-state index contributed by atoms with van der Waals surface area (Å²) in [5.74, 6) is -1.38. The molecule has 7 nitrogen and oxygen atoms in total. The highest BCUT2D eigenvalue weighted by molar-refractivity contribution is 7.91. The minimum absolute atomic E-state index is 0.0600. The first-order valence-electron chi connectivity index (χ1n) is 5.71. The van der Waals surface area contributed by atoms with Crippen LogP contribution in [-0.4, -0.2) is 49.1 Å². The Morgan fingerprint density at radius 2 is 1.94 bits per heavy atom. The SMILES string of the molecule is CC(C)[C@H](NC(=O)NC1CCS(=O)(=O)C1)C(=O)O. The second kappa shape index (κ2) is 5.55. The third-order valence-corrected chi connectivity index (χ3v) is 4.55. The zero-order valence-electron chi connectivity index (χ0n) is 10.3. The first kappa shape index (κ1) is 14.7. The van der Waals surface area contributed by atoms with Gasteiger partial charge in [-0.1, -0.05) is 13.8 Å². The third kappa shape index (κ3) is 4.17. The van der Waals surface area contributed by atoms with Crippen LogP contribution in [0.4, 0.5) is 4.79 Å². The van der Waals surface area contributed by atoms with Gasteiger partial charge in [-0.05, 0) is 12.3 Å². The number of hydrogen-bond donors (Lipinski definition) is 3. The average molecular weight is 278 g/mol. The second-order valence-electron chi connectivity index (χ2n) is 4.78. The molecule has 1 saturated heterocycles. The summed E-state index contributed by atoms with van der Waals surface area (Å²) in [6.45, 7) is 3.36. The molecule has 0 aliphatic carbocycles. The molecular weight excluding hydrogens is 260 g/mol. The topological polar surface area (TPSA) is 113 Å². The van der Waals surface area contributed by atoms with Crippen molar-refractivity contribution in [3.05, 3.63) is 0 Å². The molecule has 2 amide bonds. The lowest BCUT2D eigenvalue weighted by atomic mass is 10.1. The molecule has 0 aromatic rings. The van der Waals surface area contributed by atoms with Gasteiger partial charge in [-0.25, -0.2) is 18.0 Å². The lowest BCUT2D eigenvalue weighted by Crippen LogP contribution is -2.51. The van der Waals surface area contributed by atoms with Gasteiger partial charge in [0.2, 0.25) is 0 Å². The minimum Gasteiger partial charge on any atom is -0.480 e. The van der Waals surface area contributed by atoms with Crippen molar-refractivity contribution in [2.45, 2.75) is 32.4 Å². The number of carboxylic acids is 1. The van der Waals surface area contributed by atoms with Crippen LogP contribution in [0.1, 0.15) is 20.3 Å². The van der Waals surface area contributed by atoms with E-state index in [0.717, 1.165) is 0 Å². The molecule has 1 fully saturated rings. The molecule has 0 saturated carbocycles. The normalized spacial score (nSPS) is 23.6. The zero-order chi connectivity index (χ0) is 13.9. The fourth-order valence-corrected chi connectivity index (χ4v) is 3.46. The molecule has 18 heavy (non-hydrogen) atoms. The van der Waals surface area contributed by atoms with Crippen LogP contribution in [0.3, 0.4) is 0 Å². The van der Waals surface area contributed by atoms with E-state index in [9.17, 15) is 18.0 Å². The molecule has 1 unspecified atom stereocenters. The summed E-state index contributed by atoms with van der Waals surface area (Å²) < 4.78 is 22.4. The van der Waals surface area contributed by atoms with Crippen LogP contribution >= 0.6 is 0 Å². The molecule has 3 N–H and O–H groups in total. The van der Waals surface area contributed by atoms with Gasteiger partial charge >= 0.3 is 12.0 Å². The largest absolute Gasteiger partial charge is 0.480 e. The van der Waals surface area contributed by atoms with Gasteiger partial charge in [-0.15, -0.1) is 0 Å². The Labute approximate surface area is 106 Å². The van der Waals surface area contributed by atoms with Crippen molar-refractivity contribution in [1.82, 2.24) is 10.6 Å². The molecule has 1 rings (SSSR count). The highest BCUT2D eigenvalue weighted by Crippen LogP contribution is 2.11. The van der Waals surface area contributed by atoms with Crippen molar-refractivity contribution >= 4 is 21.8 Å². The van der Waals surface area contributed by atoms with E-state index in [0.29, 0.717) is 6.42 Å². The number of carboxylic acid groups (broad SMARTS) is 1. The smallest absolute Gasteiger partial charge is 0.326 e. The van der Waals surface area contributed by atoms with Crippen LogP contribution in [0.5, 0.6) is 0 Å². The lowest BCUT2D eigenvalue weighted by Gasteiger charge is -2.19. The number of nitrogens with one attached hydrogen (secondary N) is 2. The standard InChI is InChI=1S/C10H18N2O5S/c1-6(2)8(9(13)14)12-10(15)11-7-3-4-18(16,17)5-7/h6-8H,3-5H2,1-2H3,(H,13,14)(H2,11,12,15)/t7?,8-/m0/s1. The van der Waals surface area contributed by atoms with E-state index in [1.807, 2.05) is 0 Å². The average Bonchev–Trinajstić information content (AvgIpc) is 2.53. The molecule has 0 radical (unpaired) electrons. The predicted octanol–water partition coefficient (Wildman–Crippen LogP) is -0.418. The fourth-order valence-electron chi connectivity index (χ4n) is 1.79. The molecule has 8 heteroatoms. The molecule has 1 aliphatic heterocycles. The summed E-state index contributed by atoms with van der Waals surface area (Å²) in [6, 6.07) is -2.06. The van der Waals surface area contributed by atoms with Gasteiger partial charge in [0, 0.05) is 6.04 Å². The molecule has 104 valence electrons. The Hall–Kier alpha value is -1.31. The van der Waals surface area contributed by atoms with E-state index in [4.69, 9.17) is 5.11 Å². The molecule has 0 spiro atoms. The Bertz CT molecular complexity index is 432. The lowest BCUT2D eigenvalue weighted by molar-refractivity contribution is -0.140. The van der Waals surface area contributed by atoms with E-state index in [1.165, 1.54) is 0 Å². The third-order valence-electron chi connectivity index (χ3n) is 2.79. The summed E-state index contributed by atoms with van der Waals surface area (Å²) in [7, 11) is -3.06. The number of amides is 2. The van der Waals surface area contributed by atoms with E-state index in [2.05, 4.69) is 10.6 Å². The van der Waals surface area contributed by atoms with Gasteiger partial charge in [-0.3, -0.25) is 0 Å². The Morgan fingerprint density at radius 3 is 2.33 bits per heavy atom. The minimum atomic E-state index is -3.06. The summed E-state index contributed by atoms with van der Waals surface area (Å²) in [6.07, 6.45) is 0.370. The van der Waals surface area contributed by atoms with E-state index < -0.39 is 33.9 Å². The van der Waals surface area contributed by atoms with E-state index in [-0.39, 0.29) is 17.4 Å². The van der Waals surface area contributed by atoms with Gasteiger partial charge in [0.05, 0.1) is 11.5 Å². The highest BCUT2D eigenvalue weighted by atomic mass is 32.2. The first-order chi connectivity index (χ1) is 8.21. The monoisotopic (exact) mass is 278 g/mol. The van der Waals surface area contributed by atoms with Gasteiger partial charge in [0.15, 0.2) is 9.84 Å². The quantitative estimate of drug-likeness (QED) is 0.646. The van der Waals surface area contributed by atoms with E-state index in [1.54, 1.807) is 13.8 Å². The van der Waals surface area contributed by atoms with Crippen LogP contribution in [0.15, 0.2) is 0 Å². The zero-order valence-corrected chi connectivity index (χ0v) is 11.2. The van der Waals surface area contributed by atoms with Crippen LogP contribution < -0.4 is 10.6 Å². The van der Waals surface area contributed by atoms with Crippen molar-refractivity contribution < 1.29 is 23.1 Å². The Morgan fingerprint density at radius 1 is 1.33 bits per heavy atom. The summed E-state index contributed by atoms with van der Waals surface area (Å²) >= 11 is 0. The van der Waals surface area contributed by atoms with E-state index >= 15 is 0 Å². The Balaban J connectivity index is 2.49. The van der Waals surface area contributed by atoms with Crippen LogP contribution in [-0.2, 0) is 14.6 Å². The van der Waals surface area contributed by atoms with Crippen molar-refractivity contribution in [3.8, 4) is 0 Å². The van der Waals surface area contributed by atoms with Crippen molar-refractivity contribution in [2.24, 2.45) is 5.92 Å². The molecule has 1 heterocycles. The number of carbonyl (C=O) groups is 2. The van der Waals surface area contributed by atoms with Crippen molar-refractivity contribution in [2.75, 3.05) is 11.5 Å². The number of sulfone groups is 1. The fraction of sp³-hybridized carbons (Fsp3) is 0.800. The molecule has 0 aromatic heterocycles. The van der Waals surface area contributed by atoms with Gasteiger partial charge in [0.25, 0.3) is 0 Å². The Kier molecular flexibility index (Phi) is 4.55. The van der Waals surface area contributed by atoms with Gasteiger partial charge < -0.3 is 15.7 Å². The van der Waals surface area contributed by atoms with Gasteiger partial charge in [0.1, 0.15) is 6.04 Å². The number of aliphatic carboxylic acids is 1. The molecule has 0 aromatic carbocycles. The van der Waals surface area contributed by atoms with Gasteiger partial charge in [-0.2, -0.15) is 0 Å². The van der Waals surface area contributed by atoms with Crippen molar-refractivity contribution in [1.29, 1.82) is 0 Å². The number of rotatable bonds is 4. The summed E-state index contributed by atoms with van der Waals surface area (Å²) in [4.78, 5) is 22.4.